The molecule has 0 unspecified atom stereocenters. The zero-order valence-corrected chi connectivity index (χ0v) is 16.6. The highest BCUT2D eigenvalue weighted by Gasteiger charge is 2.35. The van der Waals surface area contributed by atoms with Gasteiger partial charge in [-0.3, -0.25) is 9.78 Å². The van der Waals surface area contributed by atoms with Gasteiger partial charge in [0.15, 0.2) is 0 Å². The smallest absolute Gasteiger partial charge is 0.350 e. The lowest BCUT2D eigenvalue weighted by molar-refractivity contribution is -0.137. The van der Waals surface area contributed by atoms with E-state index in [0.29, 0.717) is 25.9 Å². The number of carbonyl (C=O) groups excluding carboxylic acids is 2. The van der Waals surface area contributed by atoms with Crippen LogP contribution in [0.1, 0.15) is 29.5 Å². The first-order valence-electron chi connectivity index (χ1n) is 9.33. The average molecular weight is 441 g/mol. The van der Waals surface area contributed by atoms with Crippen molar-refractivity contribution in [1.29, 1.82) is 0 Å². The van der Waals surface area contributed by atoms with E-state index >= 15 is 0 Å². The summed E-state index contributed by atoms with van der Waals surface area (Å²) in [5.74, 6) is -0.288. The number of alkyl halides is 3. The van der Waals surface area contributed by atoms with Crippen molar-refractivity contribution in [2.75, 3.05) is 6.54 Å². The predicted molar refractivity (Wildman–Crippen MR) is 105 cm³/mol. The van der Waals surface area contributed by atoms with Crippen LogP contribution in [0.2, 0.25) is 5.02 Å². The molecule has 1 aromatic heterocycles. The van der Waals surface area contributed by atoms with Crippen LogP contribution < -0.4 is 10.6 Å². The fraction of sp³-hybridized carbons (Fsp3) is 0.350. The number of nitrogens with zero attached hydrogens (tertiary/aromatic N) is 2. The third-order valence-electron chi connectivity index (χ3n) is 4.82. The molecule has 1 aromatic carbocycles. The molecular formula is C20H20ClF3N4O2. The molecule has 1 aliphatic heterocycles. The van der Waals surface area contributed by atoms with Gasteiger partial charge in [0.1, 0.15) is 6.04 Å². The van der Waals surface area contributed by atoms with Gasteiger partial charge in [-0.2, -0.15) is 13.2 Å². The first-order valence-corrected chi connectivity index (χ1v) is 9.71. The fourth-order valence-electron chi connectivity index (χ4n) is 3.30. The van der Waals surface area contributed by atoms with Gasteiger partial charge in [0.25, 0.3) is 0 Å². The maximum atomic E-state index is 13.0. The molecule has 2 N–H and O–H groups in total. The summed E-state index contributed by atoms with van der Waals surface area (Å²) in [7, 11) is 0. The summed E-state index contributed by atoms with van der Waals surface area (Å²) in [5.41, 5.74) is 0.0281. The van der Waals surface area contributed by atoms with Gasteiger partial charge < -0.3 is 15.5 Å². The van der Waals surface area contributed by atoms with Crippen LogP contribution in [0.5, 0.6) is 0 Å². The van der Waals surface area contributed by atoms with Crippen LogP contribution in [-0.4, -0.2) is 34.4 Å². The summed E-state index contributed by atoms with van der Waals surface area (Å²) >= 11 is 5.86. The van der Waals surface area contributed by atoms with Crippen molar-refractivity contribution >= 4 is 23.5 Å². The Kier molecular flexibility index (Phi) is 6.81. The van der Waals surface area contributed by atoms with Crippen LogP contribution in [0.15, 0.2) is 42.7 Å². The number of benzene rings is 1. The Labute approximate surface area is 176 Å². The molecule has 2 heterocycles. The summed E-state index contributed by atoms with van der Waals surface area (Å²) in [6.07, 6.45) is -0.147. The number of nitrogens with one attached hydrogen (secondary N) is 2. The molecule has 1 fully saturated rings. The Hall–Kier alpha value is -2.81. The number of halogens is 4. The molecule has 0 saturated carbocycles. The van der Waals surface area contributed by atoms with E-state index in [4.69, 9.17) is 11.6 Å². The molecule has 3 rings (SSSR count). The second-order valence-electron chi connectivity index (χ2n) is 6.87. The van der Waals surface area contributed by atoms with Crippen molar-refractivity contribution in [3.05, 3.63) is 64.4 Å². The first kappa shape index (κ1) is 21.9. The molecule has 1 saturated heterocycles. The second-order valence-corrected chi connectivity index (χ2v) is 7.24. The monoisotopic (exact) mass is 440 g/mol. The molecule has 0 bridgehead atoms. The zero-order valence-electron chi connectivity index (χ0n) is 15.9. The Bertz CT molecular complexity index is 909. The van der Waals surface area contributed by atoms with Crippen LogP contribution in [0.25, 0.3) is 0 Å². The van der Waals surface area contributed by atoms with Crippen LogP contribution >= 0.6 is 11.6 Å². The maximum Gasteiger partial charge on any atom is 0.417 e. The highest BCUT2D eigenvalue weighted by atomic mass is 35.5. The molecule has 0 radical (unpaired) electrons. The SMILES string of the molecule is O=C(NCc1cccnc1)[C@H]1CCCN1C(=O)NCc1cccc(C(F)(F)F)c1Cl. The molecule has 1 aliphatic rings. The molecule has 0 spiro atoms. The average Bonchev–Trinajstić information content (AvgIpc) is 3.21. The van der Waals surface area contributed by atoms with Crippen molar-refractivity contribution < 1.29 is 22.8 Å². The van der Waals surface area contributed by atoms with Crippen molar-refractivity contribution in [2.45, 2.75) is 38.1 Å². The summed E-state index contributed by atoms with van der Waals surface area (Å²) < 4.78 is 38.9. The Morgan fingerprint density at radius 2 is 1.97 bits per heavy atom. The van der Waals surface area contributed by atoms with Crippen LogP contribution in [0.3, 0.4) is 0 Å². The minimum Gasteiger partial charge on any atom is -0.350 e. The molecule has 1 atom stereocenters. The third-order valence-corrected chi connectivity index (χ3v) is 5.27. The van der Waals surface area contributed by atoms with E-state index in [0.717, 1.165) is 11.6 Å². The van der Waals surface area contributed by atoms with Crippen molar-refractivity contribution in [3.8, 4) is 0 Å². The Morgan fingerprint density at radius 3 is 2.67 bits per heavy atom. The quantitative estimate of drug-likeness (QED) is 0.743. The summed E-state index contributed by atoms with van der Waals surface area (Å²) in [6.45, 7) is 0.494. The molecular weight excluding hydrogens is 421 g/mol. The molecule has 160 valence electrons. The molecule has 10 heteroatoms. The highest BCUT2D eigenvalue weighted by molar-refractivity contribution is 6.32. The number of hydrogen-bond donors (Lipinski definition) is 2. The van der Waals surface area contributed by atoms with Gasteiger partial charge in [0.2, 0.25) is 5.91 Å². The van der Waals surface area contributed by atoms with Crippen LogP contribution in [0.4, 0.5) is 18.0 Å². The van der Waals surface area contributed by atoms with Gasteiger partial charge in [0, 0.05) is 32.0 Å². The molecule has 3 amide bonds. The van der Waals surface area contributed by atoms with E-state index in [9.17, 15) is 22.8 Å². The van der Waals surface area contributed by atoms with Crippen molar-refractivity contribution in [1.82, 2.24) is 20.5 Å². The van der Waals surface area contributed by atoms with Gasteiger partial charge in [0.05, 0.1) is 10.6 Å². The minimum absolute atomic E-state index is 0.150. The lowest BCUT2D eigenvalue weighted by Gasteiger charge is -2.24. The number of urea groups is 1. The highest BCUT2D eigenvalue weighted by Crippen LogP contribution is 2.36. The molecule has 30 heavy (non-hydrogen) atoms. The molecule has 0 aliphatic carbocycles. The van der Waals surface area contributed by atoms with E-state index in [1.54, 1.807) is 18.5 Å². The van der Waals surface area contributed by atoms with E-state index in [1.165, 1.54) is 17.0 Å². The van der Waals surface area contributed by atoms with Crippen LogP contribution in [0, 0.1) is 0 Å². The van der Waals surface area contributed by atoms with Crippen molar-refractivity contribution in [2.24, 2.45) is 0 Å². The van der Waals surface area contributed by atoms with Crippen LogP contribution in [-0.2, 0) is 24.1 Å². The fourth-order valence-corrected chi connectivity index (χ4v) is 3.60. The van der Waals surface area contributed by atoms with E-state index < -0.39 is 28.8 Å². The number of likely N-dealkylation sites (tertiary alicyclic amines) is 1. The maximum absolute atomic E-state index is 13.0. The summed E-state index contributed by atoms with van der Waals surface area (Å²) in [6, 6.07) is 5.96. The van der Waals surface area contributed by atoms with E-state index in [-0.39, 0.29) is 18.0 Å². The number of amides is 3. The van der Waals surface area contributed by atoms with Gasteiger partial charge in [-0.1, -0.05) is 29.8 Å². The Balaban J connectivity index is 1.59. The largest absolute Gasteiger partial charge is 0.417 e. The third kappa shape index (κ3) is 5.21. The number of aromatic nitrogens is 1. The summed E-state index contributed by atoms with van der Waals surface area (Å²) in [4.78, 5) is 30.4. The molecule has 2 aromatic rings. The number of hydrogen-bond acceptors (Lipinski definition) is 3. The lowest BCUT2D eigenvalue weighted by Crippen LogP contribution is -2.49. The summed E-state index contributed by atoms with van der Waals surface area (Å²) in [5, 5.41) is 4.90. The van der Waals surface area contributed by atoms with Gasteiger partial charge >= 0.3 is 12.2 Å². The normalized spacial score (nSPS) is 16.4. The molecule has 6 nitrogen and oxygen atoms in total. The number of rotatable bonds is 5. The minimum atomic E-state index is -4.58. The Morgan fingerprint density at radius 1 is 1.17 bits per heavy atom. The number of carbonyl (C=O) groups is 2. The topological polar surface area (TPSA) is 74.3 Å². The lowest BCUT2D eigenvalue weighted by atomic mass is 10.1. The number of pyridine rings is 1. The van der Waals surface area contributed by atoms with Gasteiger partial charge in [-0.05, 0) is 36.1 Å². The predicted octanol–water partition coefficient (Wildman–Crippen LogP) is 3.74. The van der Waals surface area contributed by atoms with Crippen molar-refractivity contribution in [3.63, 3.8) is 0 Å². The van der Waals surface area contributed by atoms with E-state index in [2.05, 4.69) is 15.6 Å². The van der Waals surface area contributed by atoms with Gasteiger partial charge in [-0.25, -0.2) is 4.79 Å². The first-order chi connectivity index (χ1) is 14.3. The standard InChI is InChI=1S/C20H20ClF3N4O2/c21-17-14(5-1-6-15(17)20(22,23)24)12-27-19(30)28-9-3-7-16(28)18(29)26-11-13-4-2-8-25-10-13/h1-2,4-6,8,10,16H,3,7,9,11-12H2,(H,26,29)(H,27,30)/t16-/m1/s1. The van der Waals surface area contributed by atoms with Gasteiger partial charge in [-0.15, -0.1) is 0 Å². The zero-order chi connectivity index (χ0) is 21.7. The van der Waals surface area contributed by atoms with E-state index in [1.807, 2.05) is 6.07 Å². The second kappa shape index (κ2) is 9.34.